The highest BCUT2D eigenvalue weighted by molar-refractivity contribution is 9.10. The van der Waals surface area contributed by atoms with Gasteiger partial charge in [0.1, 0.15) is 6.33 Å². The monoisotopic (exact) mass is 266 g/mol. The first-order valence-electron chi connectivity index (χ1n) is 4.03. The number of thiophene rings is 1. The lowest BCUT2D eigenvalue weighted by atomic mass is 10.3. The molecule has 0 spiro atoms. The lowest BCUT2D eigenvalue weighted by Crippen LogP contribution is -1.79. The number of rotatable bonds is 2. The topological polar surface area (TPSA) is 25.8 Å². The van der Waals surface area contributed by atoms with Gasteiger partial charge in [-0.05, 0) is 45.6 Å². The first-order chi connectivity index (χ1) is 6.86. The van der Waals surface area contributed by atoms with E-state index in [1.54, 1.807) is 23.9 Å². The van der Waals surface area contributed by atoms with Crippen molar-refractivity contribution in [1.29, 1.82) is 0 Å². The Morgan fingerprint density at radius 2 is 2.21 bits per heavy atom. The van der Waals surface area contributed by atoms with Gasteiger partial charge in [-0.15, -0.1) is 11.3 Å². The van der Waals surface area contributed by atoms with Gasteiger partial charge in [0.2, 0.25) is 0 Å². The van der Waals surface area contributed by atoms with E-state index in [0.29, 0.717) is 0 Å². The van der Waals surface area contributed by atoms with Crippen LogP contribution in [0, 0.1) is 0 Å². The highest BCUT2D eigenvalue weighted by Crippen LogP contribution is 2.24. The number of hydrogen-bond donors (Lipinski definition) is 0. The van der Waals surface area contributed by atoms with Crippen LogP contribution in [0.4, 0.5) is 0 Å². The smallest absolute Gasteiger partial charge is 0.115 e. The minimum atomic E-state index is 0.917. The lowest BCUT2D eigenvalue weighted by Gasteiger charge is -1.89. The Morgan fingerprint density at radius 3 is 2.86 bits per heavy atom. The maximum atomic E-state index is 4.10. The van der Waals surface area contributed by atoms with Crippen LogP contribution in [0.25, 0.3) is 12.2 Å². The van der Waals surface area contributed by atoms with Crippen molar-refractivity contribution in [3.8, 4) is 0 Å². The Hall–Kier alpha value is -1.00. The van der Waals surface area contributed by atoms with Gasteiger partial charge in [0.05, 0.1) is 5.69 Å². The average Bonchev–Trinajstić information content (AvgIpc) is 2.63. The standard InChI is InChI=1S/C10H7BrN2S/c11-9-4-6-14-10(9)2-1-8-3-5-12-7-13-8/h1-7H/b2-1+. The molecule has 0 aliphatic heterocycles. The summed E-state index contributed by atoms with van der Waals surface area (Å²) in [6.45, 7) is 0. The third kappa shape index (κ3) is 2.27. The van der Waals surface area contributed by atoms with Crippen molar-refractivity contribution in [1.82, 2.24) is 9.97 Å². The molecule has 4 heteroatoms. The Bertz CT molecular complexity index is 436. The molecule has 0 radical (unpaired) electrons. The van der Waals surface area contributed by atoms with Gasteiger partial charge in [0.25, 0.3) is 0 Å². The van der Waals surface area contributed by atoms with E-state index in [-0.39, 0.29) is 0 Å². The average molecular weight is 267 g/mol. The maximum absolute atomic E-state index is 4.10. The van der Waals surface area contributed by atoms with Crippen LogP contribution in [-0.4, -0.2) is 9.97 Å². The van der Waals surface area contributed by atoms with Crippen LogP contribution in [0.3, 0.4) is 0 Å². The molecule has 0 N–H and O–H groups in total. The number of nitrogens with zero attached hydrogens (tertiary/aromatic N) is 2. The van der Waals surface area contributed by atoms with E-state index >= 15 is 0 Å². The highest BCUT2D eigenvalue weighted by atomic mass is 79.9. The molecular formula is C10H7BrN2S. The Kier molecular flexibility index (Phi) is 3.06. The lowest BCUT2D eigenvalue weighted by molar-refractivity contribution is 1.15. The van der Waals surface area contributed by atoms with Gasteiger partial charge in [-0.25, -0.2) is 9.97 Å². The summed E-state index contributed by atoms with van der Waals surface area (Å²) in [5, 5.41) is 2.05. The minimum Gasteiger partial charge on any atom is -0.245 e. The highest BCUT2D eigenvalue weighted by Gasteiger charge is 1.95. The van der Waals surface area contributed by atoms with Crippen molar-refractivity contribution in [2.45, 2.75) is 0 Å². The van der Waals surface area contributed by atoms with Gasteiger partial charge in [-0.1, -0.05) is 0 Å². The molecule has 14 heavy (non-hydrogen) atoms. The second-order valence-corrected chi connectivity index (χ2v) is 4.40. The fourth-order valence-corrected chi connectivity index (χ4v) is 2.38. The van der Waals surface area contributed by atoms with E-state index in [0.717, 1.165) is 10.2 Å². The molecule has 0 atom stereocenters. The summed E-state index contributed by atoms with van der Waals surface area (Å²) in [5.41, 5.74) is 0.917. The molecule has 0 aromatic carbocycles. The summed E-state index contributed by atoms with van der Waals surface area (Å²) < 4.78 is 1.12. The van der Waals surface area contributed by atoms with Crippen LogP contribution >= 0.6 is 27.3 Å². The SMILES string of the molecule is Brc1ccsc1/C=C/c1ccncn1. The molecule has 2 aromatic rings. The molecule has 2 aromatic heterocycles. The first-order valence-corrected chi connectivity index (χ1v) is 5.70. The Labute approximate surface area is 94.5 Å². The van der Waals surface area contributed by atoms with Gasteiger partial charge in [-0.3, -0.25) is 0 Å². The first kappa shape index (κ1) is 9.55. The molecule has 70 valence electrons. The molecule has 0 aliphatic carbocycles. The molecule has 0 aliphatic rings. The zero-order chi connectivity index (χ0) is 9.80. The fourth-order valence-electron chi connectivity index (χ4n) is 0.985. The molecule has 0 bridgehead atoms. The van der Waals surface area contributed by atoms with E-state index in [1.807, 2.05) is 29.7 Å². The van der Waals surface area contributed by atoms with Crippen molar-refractivity contribution >= 4 is 39.4 Å². The predicted molar refractivity (Wildman–Crippen MR) is 63.0 cm³/mol. The molecule has 0 unspecified atom stereocenters. The molecular weight excluding hydrogens is 260 g/mol. The third-order valence-corrected chi connectivity index (χ3v) is 3.49. The molecule has 0 fully saturated rings. The number of halogens is 1. The van der Waals surface area contributed by atoms with E-state index in [2.05, 4.69) is 25.9 Å². The molecule has 2 nitrogen and oxygen atoms in total. The van der Waals surface area contributed by atoms with E-state index < -0.39 is 0 Å². The summed E-state index contributed by atoms with van der Waals surface area (Å²) in [6, 6.07) is 3.91. The summed E-state index contributed by atoms with van der Waals surface area (Å²) in [6.07, 6.45) is 7.29. The van der Waals surface area contributed by atoms with Crippen LogP contribution in [-0.2, 0) is 0 Å². The van der Waals surface area contributed by atoms with Crippen LogP contribution in [0.1, 0.15) is 10.6 Å². The number of aromatic nitrogens is 2. The van der Waals surface area contributed by atoms with Crippen LogP contribution in [0.2, 0.25) is 0 Å². The van der Waals surface area contributed by atoms with E-state index in [4.69, 9.17) is 0 Å². The second kappa shape index (κ2) is 4.48. The maximum Gasteiger partial charge on any atom is 0.115 e. The van der Waals surface area contributed by atoms with Crippen molar-refractivity contribution in [2.24, 2.45) is 0 Å². The quantitative estimate of drug-likeness (QED) is 0.832. The van der Waals surface area contributed by atoms with Gasteiger partial charge in [0, 0.05) is 15.5 Å². The zero-order valence-corrected chi connectivity index (χ0v) is 9.62. The molecule has 2 rings (SSSR count). The van der Waals surface area contributed by atoms with Crippen molar-refractivity contribution < 1.29 is 0 Å². The van der Waals surface area contributed by atoms with Crippen molar-refractivity contribution in [3.05, 3.63) is 45.1 Å². The molecule has 0 amide bonds. The number of hydrogen-bond acceptors (Lipinski definition) is 3. The van der Waals surface area contributed by atoms with Crippen LogP contribution in [0.5, 0.6) is 0 Å². The zero-order valence-electron chi connectivity index (χ0n) is 7.22. The summed E-state index contributed by atoms with van der Waals surface area (Å²) in [5.74, 6) is 0. The Balaban J connectivity index is 2.20. The van der Waals surface area contributed by atoms with Gasteiger partial charge in [0.15, 0.2) is 0 Å². The van der Waals surface area contributed by atoms with Gasteiger partial charge < -0.3 is 0 Å². The normalized spacial score (nSPS) is 10.9. The van der Waals surface area contributed by atoms with Gasteiger partial charge in [-0.2, -0.15) is 0 Å². The summed E-state index contributed by atoms with van der Waals surface area (Å²) in [7, 11) is 0. The van der Waals surface area contributed by atoms with Crippen LogP contribution in [0.15, 0.2) is 34.5 Å². The van der Waals surface area contributed by atoms with Crippen molar-refractivity contribution in [2.75, 3.05) is 0 Å². The molecule has 2 heterocycles. The minimum absolute atomic E-state index is 0.917. The molecule has 0 saturated heterocycles. The summed E-state index contributed by atoms with van der Waals surface area (Å²) >= 11 is 5.16. The van der Waals surface area contributed by atoms with Crippen LogP contribution < -0.4 is 0 Å². The van der Waals surface area contributed by atoms with Gasteiger partial charge >= 0.3 is 0 Å². The van der Waals surface area contributed by atoms with E-state index in [9.17, 15) is 0 Å². The molecule has 0 saturated carbocycles. The van der Waals surface area contributed by atoms with Crippen molar-refractivity contribution in [3.63, 3.8) is 0 Å². The largest absolute Gasteiger partial charge is 0.245 e. The third-order valence-electron chi connectivity index (χ3n) is 1.66. The fraction of sp³-hybridized carbons (Fsp3) is 0. The van der Waals surface area contributed by atoms with E-state index in [1.165, 1.54) is 4.88 Å². The second-order valence-electron chi connectivity index (χ2n) is 2.60. The predicted octanol–water partition coefficient (Wildman–Crippen LogP) is 3.47. The Morgan fingerprint density at radius 1 is 1.29 bits per heavy atom. The summed E-state index contributed by atoms with van der Waals surface area (Å²) in [4.78, 5) is 9.15.